The molecule has 1 unspecified atom stereocenters. The van der Waals surface area contributed by atoms with Gasteiger partial charge in [-0.3, -0.25) is 14.5 Å². The van der Waals surface area contributed by atoms with E-state index in [9.17, 15) is 14.4 Å². The molecule has 0 bridgehead atoms. The highest BCUT2D eigenvalue weighted by Gasteiger charge is 2.45. The number of benzene rings is 1. The van der Waals surface area contributed by atoms with Crippen molar-refractivity contribution >= 4 is 33.8 Å². The summed E-state index contributed by atoms with van der Waals surface area (Å²) >= 11 is 3.38. The van der Waals surface area contributed by atoms with Crippen molar-refractivity contribution < 1.29 is 19.3 Å². The minimum Gasteiger partial charge on any atom is -0.316 e. The lowest BCUT2D eigenvalue weighted by atomic mass is 10.2. The van der Waals surface area contributed by atoms with Crippen LogP contribution in [0.1, 0.15) is 18.9 Å². The van der Waals surface area contributed by atoms with E-state index in [0.717, 1.165) is 24.7 Å². The number of quaternary nitrogens is 1. The summed E-state index contributed by atoms with van der Waals surface area (Å²) in [6.45, 7) is 2.98. The van der Waals surface area contributed by atoms with E-state index in [1.165, 1.54) is 0 Å². The molecule has 0 aromatic heterocycles. The highest BCUT2D eigenvalue weighted by molar-refractivity contribution is 9.10. The lowest BCUT2D eigenvalue weighted by Crippen LogP contribution is -3.09. The summed E-state index contributed by atoms with van der Waals surface area (Å²) in [6.07, 6.45) is 0.639. The van der Waals surface area contributed by atoms with Crippen molar-refractivity contribution in [3.05, 3.63) is 34.3 Å². The largest absolute Gasteiger partial charge is 0.338 e. The molecule has 0 radical (unpaired) electrons. The highest BCUT2D eigenvalue weighted by Crippen LogP contribution is 2.11. The van der Waals surface area contributed by atoms with Crippen LogP contribution in [0, 0.1) is 0 Å². The number of carbonyl (C=O) groups excluding carboxylic acids is 3. The Balaban J connectivity index is 2.00. The third-order valence-electron chi connectivity index (χ3n) is 3.43. The van der Waals surface area contributed by atoms with Crippen LogP contribution in [0.15, 0.2) is 28.7 Å². The van der Waals surface area contributed by atoms with Crippen molar-refractivity contribution in [1.82, 2.24) is 9.80 Å². The van der Waals surface area contributed by atoms with Crippen LogP contribution >= 0.6 is 15.9 Å². The molecule has 1 fully saturated rings. The van der Waals surface area contributed by atoms with Crippen LogP contribution in [0.25, 0.3) is 0 Å². The number of halogens is 1. The van der Waals surface area contributed by atoms with Gasteiger partial charge in [-0.05, 0) is 18.6 Å². The number of nitrogens with one attached hydrogen (secondary N) is 1. The molecule has 1 aromatic rings. The van der Waals surface area contributed by atoms with Crippen molar-refractivity contribution in [1.29, 1.82) is 0 Å². The van der Waals surface area contributed by atoms with Gasteiger partial charge in [0.25, 0.3) is 0 Å². The number of rotatable bonds is 6. The zero-order chi connectivity index (χ0) is 16.3. The van der Waals surface area contributed by atoms with Gasteiger partial charge in [0, 0.05) is 16.6 Å². The van der Waals surface area contributed by atoms with Crippen molar-refractivity contribution in [2.75, 3.05) is 20.3 Å². The van der Waals surface area contributed by atoms with Gasteiger partial charge >= 0.3 is 17.8 Å². The van der Waals surface area contributed by atoms with Crippen LogP contribution < -0.4 is 4.90 Å². The first-order valence-electron chi connectivity index (χ1n) is 7.17. The van der Waals surface area contributed by atoms with Gasteiger partial charge in [0.2, 0.25) is 0 Å². The number of urea groups is 1. The Bertz CT molecular complexity index is 588. The number of amides is 4. The van der Waals surface area contributed by atoms with Crippen LogP contribution in [-0.4, -0.2) is 47.9 Å². The molecule has 0 aliphatic carbocycles. The normalized spacial score (nSPS) is 16.6. The molecule has 7 heteroatoms. The first-order valence-corrected chi connectivity index (χ1v) is 7.96. The minimum atomic E-state index is -0.728. The molecule has 6 nitrogen and oxygen atoms in total. The van der Waals surface area contributed by atoms with Gasteiger partial charge in [0.15, 0.2) is 6.67 Å². The minimum absolute atomic E-state index is 0.180. The standard InChI is InChI=1S/C15H18BrN3O3/c1-3-8-18-13(20)14(21)19(15(18)22)10-17(2)9-11-4-6-12(16)7-5-11/h4-7H,3,8-10H2,1-2H3/p+1. The molecule has 22 heavy (non-hydrogen) atoms. The molecule has 0 spiro atoms. The summed E-state index contributed by atoms with van der Waals surface area (Å²) in [5, 5.41) is 0. The van der Waals surface area contributed by atoms with Gasteiger partial charge in [0.05, 0.1) is 7.05 Å². The van der Waals surface area contributed by atoms with Gasteiger partial charge in [-0.25, -0.2) is 9.69 Å². The summed E-state index contributed by atoms with van der Waals surface area (Å²) < 4.78 is 1.000. The molecule has 0 saturated carbocycles. The number of nitrogens with zero attached hydrogens (tertiary/aromatic N) is 2. The van der Waals surface area contributed by atoms with Gasteiger partial charge < -0.3 is 4.90 Å². The Morgan fingerprint density at radius 3 is 2.23 bits per heavy atom. The number of hydrogen-bond donors (Lipinski definition) is 1. The smallest absolute Gasteiger partial charge is 0.316 e. The molecule has 1 heterocycles. The monoisotopic (exact) mass is 368 g/mol. The van der Waals surface area contributed by atoms with Gasteiger partial charge in [-0.2, -0.15) is 0 Å². The fraction of sp³-hybridized carbons (Fsp3) is 0.400. The number of hydrogen-bond acceptors (Lipinski definition) is 3. The van der Waals surface area contributed by atoms with Gasteiger partial charge in [-0.1, -0.05) is 35.0 Å². The lowest BCUT2D eigenvalue weighted by molar-refractivity contribution is -0.901. The summed E-state index contributed by atoms with van der Waals surface area (Å²) in [6, 6.07) is 7.35. The lowest BCUT2D eigenvalue weighted by Gasteiger charge is -2.20. The average molecular weight is 369 g/mol. The van der Waals surface area contributed by atoms with E-state index in [-0.39, 0.29) is 13.2 Å². The van der Waals surface area contributed by atoms with E-state index in [1.807, 2.05) is 38.2 Å². The third-order valence-corrected chi connectivity index (χ3v) is 3.96. The topological polar surface area (TPSA) is 62.1 Å². The van der Waals surface area contributed by atoms with Gasteiger partial charge in [0.1, 0.15) is 6.54 Å². The van der Waals surface area contributed by atoms with Crippen molar-refractivity contribution in [2.45, 2.75) is 19.9 Å². The molecule has 1 saturated heterocycles. The molecule has 1 aliphatic rings. The molecular formula is C15H19BrN3O3+. The Morgan fingerprint density at radius 1 is 1.05 bits per heavy atom. The molecule has 2 rings (SSSR count). The first kappa shape index (κ1) is 16.6. The van der Waals surface area contributed by atoms with E-state index in [4.69, 9.17) is 0 Å². The van der Waals surface area contributed by atoms with Crippen LogP contribution in [0.3, 0.4) is 0 Å². The molecule has 1 N–H and O–H groups in total. The summed E-state index contributed by atoms with van der Waals surface area (Å²) in [4.78, 5) is 38.9. The van der Waals surface area contributed by atoms with E-state index >= 15 is 0 Å². The fourth-order valence-corrected chi connectivity index (χ4v) is 2.65. The summed E-state index contributed by atoms with van der Waals surface area (Å²) in [5.74, 6) is -1.45. The molecule has 1 aliphatic heterocycles. The maximum absolute atomic E-state index is 12.1. The molecule has 4 amide bonds. The second kappa shape index (κ2) is 7.02. The SMILES string of the molecule is CCCN1C(=O)C(=O)N(C[NH+](C)Cc2ccc(Br)cc2)C1=O. The first-order chi connectivity index (χ1) is 10.4. The molecule has 1 atom stereocenters. The fourth-order valence-electron chi connectivity index (χ4n) is 2.39. The predicted molar refractivity (Wildman–Crippen MR) is 83.8 cm³/mol. The molecule has 1 aromatic carbocycles. The van der Waals surface area contributed by atoms with Crippen molar-refractivity contribution in [3.63, 3.8) is 0 Å². The van der Waals surface area contributed by atoms with Crippen molar-refractivity contribution in [3.8, 4) is 0 Å². The van der Waals surface area contributed by atoms with E-state index in [1.54, 1.807) is 0 Å². The zero-order valence-corrected chi connectivity index (χ0v) is 14.2. The average Bonchev–Trinajstić information content (AvgIpc) is 2.68. The number of carbonyl (C=O) groups is 3. The van der Waals surface area contributed by atoms with E-state index in [2.05, 4.69) is 15.9 Å². The Morgan fingerprint density at radius 2 is 1.64 bits per heavy atom. The van der Waals surface area contributed by atoms with Crippen LogP contribution in [0.2, 0.25) is 0 Å². The van der Waals surface area contributed by atoms with Crippen molar-refractivity contribution in [2.24, 2.45) is 0 Å². The van der Waals surface area contributed by atoms with E-state index in [0.29, 0.717) is 13.0 Å². The predicted octanol–water partition coefficient (Wildman–Crippen LogP) is 0.622. The van der Waals surface area contributed by atoms with Crippen LogP contribution in [0.4, 0.5) is 4.79 Å². The summed E-state index contributed by atoms with van der Waals surface area (Å²) in [5.41, 5.74) is 1.09. The molecule has 118 valence electrons. The van der Waals surface area contributed by atoms with Crippen LogP contribution in [-0.2, 0) is 16.1 Å². The maximum Gasteiger partial charge on any atom is 0.338 e. The molecular weight excluding hydrogens is 350 g/mol. The Kier molecular flexibility index (Phi) is 5.31. The third kappa shape index (κ3) is 3.53. The maximum atomic E-state index is 12.1. The zero-order valence-electron chi connectivity index (χ0n) is 12.6. The summed E-state index contributed by atoms with van der Waals surface area (Å²) in [7, 11) is 1.88. The Labute approximate surface area is 137 Å². The number of imide groups is 2. The quantitative estimate of drug-likeness (QED) is 0.591. The second-order valence-electron chi connectivity index (χ2n) is 5.39. The van der Waals surface area contributed by atoms with E-state index < -0.39 is 17.8 Å². The Hall–Kier alpha value is -1.73. The highest BCUT2D eigenvalue weighted by atomic mass is 79.9. The van der Waals surface area contributed by atoms with Crippen LogP contribution in [0.5, 0.6) is 0 Å². The second-order valence-corrected chi connectivity index (χ2v) is 6.31. The van der Waals surface area contributed by atoms with Gasteiger partial charge in [-0.15, -0.1) is 0 Å².